The second kappa shape index (κ2) is 11.5. The third kappa shape index (κ3) is 8.83. The largest absolute Gasteiger partial charge is 0.379 e. The van der Waals surface area contributed by atoms with Gasteiger partial charge >= 0.3 is 0 Å². The van der Waals surface area contributed by atoms with Crippen LogP contribution in [0.5, 0.6) is 0 Å². The third-order valence-corrected chi connectivity index (χ3v) is 5.01. The minimum atomic E-state index is 0.365. The molecule has 0 aliphatic carbocycles. The van der Waals surface area contributed by atoms with Crippen LogP contribution in [0.25, 0.3) is 0 Å². The molecule has 0 aromatic rings. The molecule has 1 rings (SSSR count). The van der Waals surface area contributed by atoms with Crippen molar-refractivity contribution in [2.45, 2.75) is 96.9 Å². The molecule has 1 heterocycles. The number of morpholine rings is 1. The molecule has 0 saturated carbocycles. The Bertz CT molecular complexity index is 234. The van der Waals surface area contributed by atoms with Crippen LogP contribution < -0.4 is 0 Å². The van der Waals surface area contributed by atoms with E-state index in [0.717, 1.165) is 26.3 Å². The fourth-order valence-corrected chi connectivity index (χ4v) is 3.37. The fourth-order valence-electron chi connectivity index (χ4n) is 3.37. The van der Waals surface area contributed by atoms with E-state index in [4.69, 9.17) is 4.74 Å². The first kappa shape index (κ1) is 19.0. The van der Waals surface area contributed by atoms with Gasteiger partial charge in [0, 0.05) is 18.6 Å². The van der Waals surface area contributed by atoms with Gasteiger partial charge in [0.05, 0.1) is 13.2 Å². The van der Waals surface area contributed by atoms with Crippen LogP contribution in [0, 0.1) is 0 Å². The number of nitrogens with zero attached hydrogens (tertiary/aromatic N) is 1. The number of hydrogen-bond acceptors (Lipinski definition) is 2. The Balaban J connectivity index is 1.93. The predicted molar refractivity (Wildman–Crippen MR) is 92.9 cm³/mol. The van der Waals surface area contributed by atoms with Crippen molar-refractivity contribution < 1.29 is 4.74 Å². The molecule has 126 valence electrons. The normalized spacial score (nSPS) is 17.3. The monoisotopic (exact) mass is 297 g/mol. The average molecular weight is 298 g/mol. The van der Waals surface area contributed by atoms with Gasteiger partial charge in [0.2, 0.25) is 0 Å². The Labute approximate surface area is 133 Å². The minimum Gasteiger partial charge on any atom is -0.379 e. The van der Waals surface area contributed by atoms with E-state index in [9.17, 15) is 0 Å². The summed E-state index contributed by atoms with van der Waals surface area (Å²) in [6.45, 7) is 11.2. The lowest BCUT2D eigenvalue weighted by atomic mass is 9.93. The van der Waals surface area contributed by atoms with Gasteiger partial charge in [0.25, 0.3) is 0 Å². The van der Waals surface area contributed by atoms with Crippen LogP contribution >= 0.6 is 0 Å². The highest BCUT2D eigenvalue weighted by atomic mass is 16.5. The molecule has 21 heavy (non-hydrogen) atoms. The van der Waals surface area contributed by atoms with E-state index in [1.807, 2.05) is 0 Å². The lowest BCUT2D eigenvalue weighted by Crippen LogP contribution is -2.49. The van der Waals surface area contributed by atoms with Crippen molar-refractivity contribution in [3.8, 4) is 0 Å². The Hall–Kier alpha value is -0.0800. The van der Waals surface area contributed by atoms with E-state index in [1.165, 1.54) is 70.6 Å². The molecule has 1 fully saturated rings. The second-order valence-corrected chi connectivity index (χ2v) is 7.34. The van der Waals surface area contributed by atoms with Gasteiger partial charge in [-0.3, -0.25) is 4.90 Å². The van der Waals surface area contributed by atoms with E-state index in [-0.39, 0.29) is 0 Å². The van der Waals surface area contributed by atoms with E-state index >= 15 is 0 Å². The number of unbranched alkanes of at least 4 members (excludes halogenated alkanes) is 9. The lowest BCUT2D eigenvalue weighted by Gasteiger charge is -2.41. The zero-order valence-corrected chi connectivity index (χ0v) is 15.0. The zero-order chi connectivity index (χ0) is 15.4. The first-order valence-electron chi connectivity index (χ1n) is 9.49. The molecule has 1 aliphatic rings. The van der Waals surface area contributed by atoms with Crippen molar-refractivity contribution in [1.29, 1.82) is 0 Å². The van der Waals surface area contributed by atoms with E-state index in [2.05, 4.69) is 25.7 Å². The van der Waals surface area contributed by atoms with Gasteiger partial charge in [-0.15, -0.1) is 0 Å². The van der Waals surface area contributed by atoms with Crippen LogP contribution in [0.3, 0.4) is 0 Å². The van der Waals surface area contributed by atoms with E-state index < -0.39 is 0 Å². The smallest absolute Gasteiger partial charge is 0.0594 e. The van der Waals surface area contributed by atoms with Gasteiger partial charge in [0.1, 0.15) is 0 Å². The maximum Gasteiger partial charge on any atom is 0.0594 e. The summed E-state index contributed by atoms with van der Waals surface area (Å²) >= 11 is 0. The summed E-state index contributed by atoms with van der Waals surface area (Å²) in [7, 11) is 0. The van der Waals surface area contributed by atoms with E-state index in [1.54, 1.807) is 0 Å². The van der Waals surface area contributed by atoms with Crippen LogP contribution in [-0.2, 0) is 4.74 Å². The van der Waals surface area contributed by atoms with Gasteiger partial charge in [-0.25, -0.2) is 0 Å². The molecule has 0 atom stereocenters. The Kier molecular flexibility index (Phi) is 10.4. The molecule has 0 unspecified atom stereocenters. The topological polar surface area (TPSA) is 12.5 Å². The number of hydrogen-bond donors (Lipinski definition) is 0. The molecule has 2 nitrogen and oxygen atoms in total. The summed E-state index contributed by atoms with van der Waals surface area (Å²) in [6.07, 6.45) is 15.6. The molecule has 1 aliphatic heterocycles. The maximum atomic E-state index is 5.46. The van der Waals surface area contributed by atoms with Gasteiger partial charge in [0.15, 0.2) is 0 Å². The SMILES string of the molecule is CCCCCCCCCCCCC(C)(C)N1CCOCC1. The van der Waals surface area contributed by atoms with Crippen molar-refractivity contribution in [2.24, 2.45) is 0 Å². The summed E-state index contributed by atoms with van der Waals surface area (Å²) < 4.78 is 5.46. The Morgan fingerprint density at radius 1 is 0.762 bits per heavy atom. The molecule has 0 bridgehead atoms. The first-order valence-corrected chi connectivity index (χ1v) is 9.49. The van der Waals surface area contributed by atoms with E-state index in [0.29, 0.717) is 5.54 Å². The molecule has 0 spiro atoms. The lowest BCUT2D eigenvalue weighted by molar-refractivity contribution is -0.0135. The summed E-state index contributed by atoms with van der Waals surface area (Å²) in [4.78, 5) is 2.62. The van der Waals surface area contributed by atoms with Crippen LogP contribution in [0.2, 0.25) is 0 Å². The van der Waals surface area contributed by atoms with Gasteiger partial charge < -0.3 is 4.74 Å². The molecular weight excluding hydrogens is 258 g/mol. The van der Waals surface area contributed by atoms with Crippen molar-refractivity contribution >= 4 is 0 Å². The van der Waals surface area contributed by atoms with Gasteiger partial charge in [-0.2, -0.15) is 0 Å². The molecule has 0 N–H and O–H groups in total. The summed E-state index contributed by atoms with van der Waals surface area (Å²) in [5, 5.41) is 0. The zero-order valence-electron chi connectivity index (χ0n) is 15.0. The van der Waals surface area contributed by atoms with Crippen molar-refractivity contribution in [2.75, 3.05) is 26.3 Å². The number of rotatable bonds is 12. The minimum absolute atomic E-state index is 0.365. The summed E-state index contributed by atoms with van der Waals surface area (Å²) in [5.41, 5.74) is 0.365. The Morgan fingerprint density at radius 3 is 1.76 bits per heavy atom. The number of ether oxygens (including phenoxy) is 1. The molecule has 0 amide bonds. The predicted octanol–water partition coefficient (Wildman–Crippen LogP) is 5.41. The quantitative estimate of drug-likeness (QED) is 0.447. The fraction of sp³-hybridized carbons (Fsp3) is 1.00. The average Bonchev–Trinajstić information content (AvgIpc) is 2.50. The van der Waals surface area contributed by atoms with Crippen LogP contribution in [0.4, 0.5) is 0 Å². The van der Waals surface area contributed by atoms with Crippen LogP contribution in [0.15, 0.2) is 0 Å². The Morgan fingerprint density at radius 2 is 1.24 bits per heavy atom. The van der Waals surface area contributed by atoms with Gasteiger partial charge in [-0.05, 0) is 20.3 Å². The molecule has 2 heteroatoms. The highest BCUT2D eigenvalue weighted by Gasteiger charge is 2.27. The summed E-state index contributed by atoms with van der Waals surface area (Å²) in [6, 6.07) is 0. The van der Waals surface area contributed by atoms with Crippen molar-refractivity contribution in [3.05, 3.63) is 0 Å². The second-order valence-electron chi connectivity index (χ2n) is 7.34. The molecule has 0 aromatic carbocycles. The third-order valence-electron chi connectivity index (χ3n) is 5.01. The molecule has 1 saturated heterocycles. The molecule has 0 radical (unpaired) electrons. The van der Waals surface area contributed by atoms with Crippen molar-refractivity contribution in [1.82, 2.24) is 4.90 Å². The van der Waals surface area contributed by atoms with Crippen LogP contribution in [0.1, 0.15) is 91.4 Å². The standard InChI is InChI=1S/C19H39NO/c1-4-5-6-7-8-9-10-11-12-13-14-19(2,3)20-15-17-21-18-16-20/h4-18H2,1-3H3. The molecular formula is C19H39NO. The van der Waals surface area contributed by atoms with Crippen LogP contribution in [-0.4, -0.2) is 36.7 Å². The highest BCUT2D eigenvalue weighted by molar-refractivity contribution is 4.82. The maximum absolute atomic E-state index is 5.46. The molecule has 0 aromatic heterocycles. The highest BCUT2D eigenvalue weighted by Crippen LogP contribution is 2.23. The van der Waals surface area contributed by atoms with Crippen molar-refractivity contribution in [3.63, 3.8) is 0 Å². The van der Waals surface area contributed by atoms with Gasteiger partial charge in [-0.1, -0.05) is 71.1 Å². The first-order chi connectivity index (χ1) is 10.2. The summed E-state index contributed by atoms with van der Waals surface area (Å²) in [5.74, 6) is 0.